The topological polar surface area (TPSA) is 109 Å². The first-order valence-corrected chi connectivity index (χ1v) is 10.2. The number of aromatic nitrogens is 5. The monoisotopic (exact) mass is 444 g/mol. The zero-order valence-corrected chi connectivity index (χ0v) is 17.4. The number of ether oxygens (including phenoxy) is 1. The van der Waals surface area contributed by atoms with E-state index in [0.29, 0.717) is 34.4 Å². The minimum absolute atomic E-state index is 0.306. The smallest absolute Gasteiger partial charge is 0.272 e. The Balaban J connectivity index is 1.35. The molecule has 158 valence electrons. The standard InChI is InChI=1S/C23H17ClN6O2/c24-16-6-8-20(18(12-16)22-27-29-30-28-22)26-23(31)21-11-15-10-17(7-9-19(15)25-21)32-13-14-4-2-1-3-5-14/h1-12,25H,13H2,(H,26,31)(H,27,28,29,30). The van der Waals surface area contributed by atoms with Gasteiger partial charge in [-0.2, -0.15) is 5.21 Å². The Kier molecular flexibility index (Phi) is 5.27. The van der Waals surface area contributed by atoms with Gasteiger partial charge in [-0.3, -0.25) is 4.79 Å². The van der Waals surface area contributed by atoms with E-state index in [1.54, 1.807) is 24.3 Å². The van der Waals surface area contributed by atoms with Gasteiger partial charge in [-0.1, -0.05) is 41.9 Å². The lowest BCUT2D eigenvalue weighted by Crippen LogP contribution is -2.13. The van der Waals surface area contributed by atoms with Crippen molar-refractivity contribution in [1.82, 2.24) is 25.6 Å². The van der Waals surface area contributed by atoms with Crippen LogP contribution in [0.1, 0.15) is 16.1 Å². The average molecular weight is 445 g/mol. The Labute approximate surface area is 187 Å². The van der Waals surface area contributed by atoms with Gasteiger partial charge in [0, 0.05) is 21.5 Å². The lowest BCUT2D eigenvalue weighted by atomic mass is 10.1. The van der Waals surface area contributed by atoms with Gasteiger partial charge in [-0.05, 0) is 53.2 Å². The lowest BCUT2D eigenvalue weighted by Gasteiger charge is -2.08. The number of anilines is 1. The van der Waals surface area contributed by atoms with Crippen molar-refractivity contribution in [2.75, 3.05) is 5.32 Å². The predicted octanol–water partition coefficient (Wildman–Crippen LogP) is 4.83. The number of hydrogen-bond donors (Lipinski definition) is 3. The second kappa shape index (κ2) is 8.52. The third-order valence-electron chi connectivity index (χ3n) is 4.90. The first-order chi connectivity index (χ1) is 15.7. The molecule has 0 unspecified atom stereocenters. The Hall–Kier alpha value is -4.17. The van der Waals surface area contributed by atoms with Crippen molar-refractivity contribution in [3.05, 3.63) is 89.1 Å². The van der Waals surface area contributed by atoms with Crippen LogP contribution in [0.25, 0.3) is 22.3 Å². The highest BCUT2D eigenvalue weighted by molar-refractivity contribution is 6.31. The van der Waals surface area contributed by atoms with Crippen molar-refractivity contribution in [2.45, 2.75) is 6.61 Å². The summed E-state index contributed by atoms with van der Waals surface area (Å²) in [5, 5.41) is 18.2. The number of H-pyrrole nitrogens is 2. The van der Waals surface area contributed by atoms with Crippen molar-refractivity contribution in [2.24, 2.45) is 0 Å². The molecule has 2 aromatic heterocycles. The molecule has 5 aromatic rings. The van der Waals surface area contributed by atoms with Crippen LogP contribution in [0.5, 0.6) is 5.75 Å². The molecule has 0 aliphatic rings. The van der Waals surface area contributed by atoms with E-state index in [1.165, 1.54) is 0 Å². The molecule has 0 saturated heterocycles. The number of amides is 1. The lowest BCUT2D eigenvalue weighted by molar-refractivity contribution is 0.102. The molecule has 8 nitrogen and oxygen atoms in total. The fourth-order valence-electron chi connectivity index (χ4n) is 3.34. The number of tetrazole rings is 1. The number of carbonyl (C=O) groups is 1. The van der Waals surface area contributed by atoms with Gasteiger partial charge in [0.2, 0.25) is 5.82 Å². The van der Waals surface area contributed by atoms with E-state index < -0.39 is 0 Å². The van der Waals surface area contributed by atoms with Crippen LogP contribution in [-0.4, -0.2) is 31.5 Å². The Bertz CT molecular complexity index is 1380. The van der Waals surface area contributed by atoms with Gasteiger partial charge in [0.05, 0.1) is 5.69 Å². The van der Waals surface area contributed by atoms with Gasteiger partial charge in [-0.25, -0.2) is 0 Å². The van der Waals surface area contributed by atoms with Crippen molar-refractivity contribution in [3.63, 3.8) is 0 Å². The molecule has 2 heterocycles. The Morgan fingerprint density at radius 3 is 2.72 bits per heavy atom. The van der Waals surface area contributed by atoms with Crippen molar-refractivity contribution in [1.29, 1.82) is 0 Å². The normalized spacial score (nSPS) is 10.9. The van der Waals surface area contributed by atoms with E-state index in [-0.39, 0.29) is 5.91 Å². The van der Waals surface area contributed by atoms with Gasteiger partial charge in [0.1, 0.15) is 18.1 Å². The maximum atomic E-state index is 12.9. The number of hydrogen-bond acceptors (Lipinski definition) is 5. The number of benzene rings is 3. The summed E-state index contributed by atoms with van der Waals surface area (Å²) >= 11 is 6.10. The summed E-state index contributed by atoms with van der Waals surface area (Å²) in [6, 6.07) is 22.4. The van der Waals surface area contributed by atoms with E-state index in [1.807, 2.05) is 48.5 Å². The van der Waals surface area contributed by atoms with Crippen LogP contribution in [0.15, 0.2) is 72.8 Å². The number of halogens is 1. The van der Waals surface area contributed by atoms with Crippen LogP contribution in [-0.2, 0) is 6.61 Å². The van der Waals surface area contributed by atoms with Crippen LogP contribution >= 0.6 is 11.6 Å². The number of nitrogens with one attached hydrogen (secondary N) is 3. The Morgan fingerprint density at radius 1 is 1.03 bits per heavy atom. The third-order valence-corrected chi connectivity index (χ3v) is 5.14. The molecule has 0 bridgehead atoms. The molecule has 0 aliphatic heterocycles. The van der Waals surface area contributed by atoms with Gasteiger partial charge >= 0.3 is 0 Å². The predicted molar refractivity (Wildman–Crippen MR) is 122 cm³/mol. The molecule has 3 aromatic carbocycles. The molecule has 0 aliphatic carbocycles. The number of rotatable bonds is 6. The van der Waals surface area contributed by atoms with Gasteiger partial charge in [-0.15, -0.1) is 10.2 Å². The molecular formula is C23H17ClN6O2. The summed E-state index contributed by atoms with van der Waals surface area (Å²) in [5.41, 5.74) is 3.41. The molecular weight excluding hydrogens is 428 g/mol. The van der Waals surface area contributed by atoms with Crippen molar-refractivity contribution in [3.8, 4) is 17.1 Å². The molecule has 5 rings (SSSR count). The number of carbonyl (C=O) groups excluding carboxylic acids is 1. The van der Waals surface area contributed by atoms with Crippen molar-refractivity contribution < 1.29 is 9.53 Å². The molecule has 32 heavy (non-hydrogen) atoms. The second-order valence-corrected chi connectivity index (χ2v) is 7.52. The summed E-state index contributed by atoms with van der Waals surface area (Å²) < 4.78 is 5.88. The molecule has 0 spiro atoms. The third kappa shape index (κ3) is 4.17. The van der Waals surface area contributed by atoms with E-state index in [4.69, 9.17) is 16.3 Å². The highest BCUT2D eigenvalue weighted by atomic mass is 35.5. The first kappa shape index (κ1) is 19.8. The molecule has 9 heteroatoms. The number of nitrogens with zero attached hydrogens (tertiary/aromatic N) is 3. The molecule has 0 atom stereocenters. The summed E-state index contributed by atoms with van der Waals surface area (Å²) in [6.07, 6.45) is 0. The van der Waals surface area contributed by atoms with Gasteiger partial charge in [0.25, 0.3) is 5.91 Å². The average Bonchev–Trinajstić information content (AvgIpc) is 3.49. The minimum Gasteiger partial charge on any atom is -0.489 e. The molecule has 0 radical (unpaired) electrons. The Morgan fingerprint density at radius 2 is 1.91 bits per heavy atom. The minimum atomic E-state index is -0.306. The van der Waals surface area contributed by atoms with Crippen LogP contribution in [0, 0.1) is 0 Å². The maximum Gasteiger partial charge on any atom is 0.272 e. The maximum absolute atomic E-state index is 12.9. The summed E-state index contributed by atoms with van der Waals surface area (Å²) in [5.74, 6) is 0.754. The quantitative estimate of drug-likeness (QED) is 0.347. The second-order valence-electron chi connectivity index (χ2n) is 7.09. The summed E-state index contributed by atoms with van der Waals surface area (Å²) in [7, 11) is 0. The van der Waals surface area contributed by atoms with Crippen LogP contribution in [0.2, 0.25) is 5.02 Å². The largest absolute Gasteiger partial charge is 0.489 e. The van der Waals surface area contributed by atoms with Crippen LogP contribution in [0.3, 0.4) is 0 Å². The van der Waals surface area contributed by atoms with Gasteiger partial charge in [0.15, 0.2) is 0 Å². The number of fused-ring (bicyclic) bond motifs is 1. The summed E-state index contributed by atoms with van der Waals surface area (Å²) in [4.78, 5) is 16.1. The molecule has 0 saturated carbocycles. The summed E-state index contributed by atoms with van der Waals surface area (Å²) in [6.45, 7) is 0.472. The van der Waals surface area contributed by atoms with E-state index in [9.17, 15) is 4.79 Å². The first-order valence-electron chi connectivity index (χ1n) is 9.80. The highest BCUT2D eigenvalue weighted by Crippen LogP contribution is 2.29. The van der Waals surface area contributed by atoms with Crippen molar-refractivity contribution >= 4 is 34.1 Å². The SMILES string of the molecule is O=C(Nc1ccc(Cl)cc1-c1nn[nH]n1)c1cc2cc(OCc3ccccc3)ccc2[nH]1. The fraction of sp³-hybridized carbons (Fsp3) is 0.0435. The molecule has 0 fully saturated rings. The highest BCUT2D eigenvalue weighted by Gasteiger charge is 2.15. The zero-order valence-electron chi connectivity index (χ0n) is 16.7. The van der Waals surface area contributed by atoms with E-state index in [0.717, 1.165) is 22.2 Å². The fourth-order valence-corrected chi connectivity index (χ4v) is 3.51. The van der Waals surface area contributed by atoms with Gasteiger partial charge < -0.3 is 15.0 Å². The van der Waals surface area contributed by atoms with E-state index >= 15 is 0 Å². The molecule has 1 amide bonds. The number of aromatic amines is 2. The zero-order chi connectivity index (χ0) is 21.9. The van der Waals surface area contributed by atoms with Crippen LogP contribution in [0.4, 0.5) is 5.69 Å². The van der Waals surface area contributed by atoms with E-state index in [2.05, 4.69) is 30.9 Å². The van der Waals surface area contributed by atoms with Crippen LogP contribution < -0.4 is 10.1 Å². The molecule has 3 N–H and O–H groups in total.